The molecule has 0 saturated carbocycles. The molecule has 5 nitrogen and oxygen atoms in total. The number of amides is 1. The van der Waals surface area contributed by atoms with Gasteiger partial charge in [-0.15, -0.1) is 0 Å². The molecule has 17 heavy (non-hydrogen) atoms. The quantitative estimate of drug-likeness (QED) is 0.662. The molecule has 0 radical (unpaired) electrons. The Labute approximate surface area is 101 Å². The lowest BCUT2D eigenvalue weighted by Crippen LogP contribution is -2.32. The van der Waals surface area contributed by atoms with Crippen molar-refractivity contribution in [2.24, 2.45) is 0 Å². The fourth-order valence-corrected chi connectivity index (χ4v) is 1.32. The van der Waals surface area contributed by atoms with Crippen LogP contribution >= 0.6 is 0 Å². The average molecular weight is 238 g/mol. The van der Waals surface area contributed by atoms with Crippen LogP contribution in [0.15, 0.2) is 18.2 Å². The third-order valence-corrected chi connectivity index (χ3v) is 2.47. The van der Waals surface area contributed by atoms with E-state index in [9.17, 15) is 9.90 Å². The summed E-state index contributed by atoms with van der Waals surface area (Å²) in [5, 5.41) is 12.0. The maximum Gasteiger partial charge on any atom is 0.253 e. The van der Waals surface area contributed by atoms with Crippen molar-refractivity contribution in [3.05, 3.63) is 23.8 Å². The molecule has 0 aliphatic carbocycles. The van der Waals surface area contributed by atoms with Crippen LogP contribution in [0.2, 0.25) is 0 Å². The minimum atomic E-state index is -0.529. The minimum Gasteiger partial charge on any atom is -0.497 e. The van der Waals surface area contributed by atoms with Gasteiger partial charge in [0.05, 0.1) is 18.8 Å². The first-order valence-corrected chi connectivity index (χ1v) is 5.48. The van der Waals surface area contributed by atoms with Crippen LogP contribution in [-0.4, -0.2) is 30.8 Å². The van der Waals surface area contributed by atoms with Gasteiger partial charge in [0.2, 0.25) is 0 Å². The molecular weight excluding hydrogens is 220 g/mol. The lowest BCUT2D eigenvalue weighted by atomic mass is 10.1. The van der Waals surface area contributed by atoms with Crippen LogP contribution in [-0.2, 0) is 0 Å². The number of nitrogens with one attached hydrogen (secondary N) is 1. The lowest BCUT2D eigenvalue weighted by Gasteiger charge is -2.11. The highest BCUT2D eigenvalue weighted by Crippen LogP contribution is 2.19. The van der Waals surface area contributed by atoms with Gasteiger partial charge in [0.25, 0.3) is 5.91 Å². The molecule has 0 aliphatic rings. The minimum absolute atomic E-state index is 0.223. The van der Waals surface area contributed by atoms with Crippen molar-refractivity contribution in [1.82, 2.24) is 5.32 Å². The standard InChI is InChI=1S/C12H18N2O3/c1-3-8(15)7-14-12(16)10-5-4-9(17-2)6-11(10)13/h4-6,8,15H,3,7,13H2,1-2H3,(H,14,16). The molecule has 1 amide bonds. The highest BCUT2D eigenvalue weighted by atomic mass is 16.5. The van der Waals surface area contributed by atoms with E-state index in [-0.39, 0.29) is 12.5 Å². The van der Waals surface area contributed by atoms with Gasteiger partial charge in [-0.3, -0.25) is 4.79 Å². The predicted molar refractivity (Wildman–Crippen MR) is 66.0 cm³/mol. The van der Waals surface area contributed by atoms with Crippen LogP contribution in [0.4, 0.5) is 5.69 Å². The number of hydrogen-bond donors (Lipinski definition) is 3. The fourth-order valence-electron chi connectivity index (χ4n) is 1.32. The Kier molecular flexibility index (Phi) is 4.78. The number of anilines is 1. The largest absolute Gasteiger partial charge is 0.497 e. The Morgan fingerprint density at radius 3 is 2.82 bits per heavy atom. The van der Waals surface area contributed by atoms with E-state index in [2.05, 4.69) is 5.32 Å². The number of aliphatic hydroxyl groups is 1. The van der Waals surface area contributed by atoms with Crippen molar-refractivity contribution in [2.45, 2.75) is 19.4 Å². The average Bonchev–Trinajstić information content (AvgIpc) is 2.35. The third kappa shape index (κ3) is 3.64. The zero-order valence-electron chi connectivity index (χ0n) is 10.1. The Morgan fingerprint density at radius 1 is 1.59 bits per heavy atom. The van der Waals surface area contributed by atoms with Gasteiger partial charge in [-0.1, -0.05) is 6.92 Å². The maximum absolute atomic E-state index is 11.7. The lowest BCUT2D eigenvalue weighted by molar-refractivity contribution is 0.0914. The van der Waals surface area contributed by atoms with Gasteiger partial charge in [0, 0.05) is 18.3 Å². The highest BCUT2D eigenvalue weighted by molar-refractivity contribution is 5.99. The predicted octanol–water partition coefficient (Wildman–Crippen LogP) is 0.778. The number of carbonyl (C=O) groups is 1. The van der Waals surface area contributed by atoms with Gasteiger partial charge in [0.15, 0.2) is 0 Å². The molecule has 0 aromatic heterocycles. The van der Waals surface area contributed by atoms with Gasteiger partial charge in [-0.2, -0.15) is 0 Å². The summed E-state index contributed by atoms with van der Waals surface area (Å²) < 4.78 is 4.99. The van der Waals surface area contributed by atoms with Gasteiger partial charge in [0.1, 0.15) is 5.75 Å². The van der Waals surface area contributed by atoms with Gasteiger partial charge in [-0.25, -0.2) is 0 Å². The number of benzene rings is 1. The molecule has 1 unspecified atom stereocenters. The van der Waals surface area contributed by atoms with Crippen LogP contribution in [0, 0.1) is 0 Å². The second-order valence-corrected chi connectivity index (χ2v) is 3.73. The Balaban J connectivity index is 2.69. The molecule has 1 aromatic rings. The molecule has 0 saturated heterocycles. The summed E-state index contributed by atoms with van der Waals surface area (Å²) >= 11 is 0. The highest BCUT2D eigenvalue weighted by Gasteiger charge is 2.11. The van der Waals surface area contributed by atoms with Crippen LogP contribution in [0.1, 0.15) is 23.7 Å². The van der Waals surface area contributed by atoms with Crippen LogP contribution in [0.5, 0.6) is 5.75 Å². The van der Waals surface area contributed by atoms with Gasteiger partial charge < -0.3 is 20.9 Å². The monoisotopic (exact) mass is 238 g/mol. The molecule has 0 heterocycles. The second kappa shape index (κ2) is 6.10. The molecular formula is C12H18N2O3. The van der Waals surface area contributed by atoms with Crippen molar-refractivity contribution in [2.75, 3.05) is 19.4 Å². The summed E-state index contributed by atoms with van der Waals surface area (Å²) in [5.74, 6) is 0.310. The Bertz CT molecular complexity index is 393. The number of carbonyl (C=O) groups excluding carboxylic acids is 1. The molecule has 0 bridgehead atoms. The molecule has 1 rings (SSSR count). The SMILES string of the molecule is CCC(O)CNC(=O)c1ccc(OC)cc1N. The molecule has 1 aromatic carbocycles. The first-order chi connectivity index (χ1) is 8.08. The van der Waals surface area contributed by atoms with Crippen molar-refractivity contribution < 1.29 is 14.6 Å². The zero-order valence-corrected chi connectivity index (χ0v) is 10.1. The smallest absolute Gasteiger partial charge is 0.253 e. The van der Waals surface area contributed by atoms with Gasteiger partial charge >= 0.3 is 0 Å². The van der Waals surface area contributed by atoms with Crippen molar-refractivity contribution in [1.29, 1.82) is 0 Å². The van der Waals surface area contributed by atoms with E-state index in [1.165, 1.54) is 7.11 Å². The normalized spacial score (nSPS) is 11.9. The summed E-state index contributed by atoms with van der Waals surface area (Å²) in [6.07, 6.45) is 0.0664. The number of aliphatic hydroxyl groups excluding tert-OH is 1. The first kappa shape index (κ1) is 13.3. The van der Waals surface area contributed by atoms with E-state index in [1.807, 2.05) is 6.92 Å². The number of hydrogen-bond acceptors (Lipinski definition) is 4. The molecule has 0 spiro atoms. The summed E-state index contributed by atoms with van der Waals surface area (Å²) in [6.45, 7) is 2.07. The summed E-state index contributed by atoms with van der Waals surface area (Å²) in [7, 11) is 1.53. The van der Waals surface area contributed by atoms with E-state index in [0.29, 0.717) is 23.4 Å². The van der Waals surface area contributed by atoms with Gasteiger partial charge in [-0.05, 0) is 18.6 Å². The van der Waals surface area contributed by atoms with Crippen molar-refractivity contribution in [3.8, 4) is 5.75 Å². The first-order valence-electron chi connectivity index (χ1n) is 5.48. The maximum atomic E-state index is 11.7. The van der Waals surface area contributed by atoms with Crippen LogP contribution in [0.25, 0.3) is 0 Å². The topological polar surface area (TPSA) is 84.6 Å². The summed E-state index contributed by atoms with van der Waals surface area (Å²) in [6, 6.07) is 4.86. The second-order valence-electron chi connectivity index (χ2n) is 3.73. The van der Waals surface area contributed by atoms with E-state index in [4.69, 9.17) is 10.5 Å². The van der Waals surface area contributed by atoms with E-state index in [0.717, 1.165) is 0 Å². The molecule has 1 atom stereocenters. The third-order valence-electron chi connectivity index (χ3n) is 2.47. The fraction of sp³-hybridized carbons (Fsp3) is 0.417. The van der Waals surface area contributed by atoms with Crippen molar-refractivity contribution >= 4 is 11.6 Å². The number of nitrogens with two attached hydrogens (primary N) is 1. The van der Waals surface area contributed by atoms with Crippen LogP contribution in [0.3, 0.4) is 0 Å². The molecule has 0 fully saturated rings. The van der Waals surface area contributed by atoms with E-state index >= 15 is 0 Å². The number of methoxy groups -OCH3 is 1. The van der Waals surface area contributed by atoms with Crippen LogP contribution < -0.4 is 15.8 Å². The molecule has 5 heteroatoms. The molecule has 0 aliphatic heterocycles. The Hall–Kier alpha value is -1.75. The number of ether oxygens (including phenoxy) is 1. The summed E-state index contributed by atoms with van der Waals surface area (Å²) in [4.78, 5) is 11.7. The molecule has 94 valence electrons. The van der Waals surface area contributed by atoms with Crippen molar-refractivity contribution in [3.63, 3.8) is 0 Å². The van der Waals surface area contributed by atoms with E-state index < -0.39 is 6.10 Å². The van der Waals surface area contributed by atoms with E-state index in [1.54, 1.807) is 18.2 Å². The summed E-state index contributed by atoms with van der Waals surface area (Å²) in [5.41, 5.74) is 6.47. The molecule has 4 N–H and O–H groups in total. The Morgan fingerprint density at radius 2 is 2.29 bits per heavy atom. The number of nitrogen functional groups attached to an aromatic ring is 1. The number of rotatable bonds is 5. The zero-order chi connectivity index (χ0) is 12.8.